The fraction of sp³-hybridized carbons (Fsp3) is 0.143. The topological polar surface area (TPSA) is 60.7 Å². The fourth-order valence-electron chi connectivity index (χ4n) is 6.77. The summed E-state index contributed by atoms with van der Waals surface area (Å²) in [4.78, 5) is 0. The Hall–Kier alpha value is -4.33. The Morgan fingerprint density at radius 2 is 0.812 bits per heavy atom. The number of aromatic hydroxyl groups is 2. The molecule has 3 nitrogen and oxygen atoms in total. The van der Waals surface area contributed by atoms with Crippen molar-refractivity contribution in [3.8, 4) is 33.8 Å². The summed E-state index contributed by atoms with van der Waals surface area (Å²) in [6.07, 6.45) is 0. The van der Waals surface area contributed by atoms with Crippen molar-refractivity contribution in [3.05, 3.63) is 178 Å². The molecule has 0 fully saturated rings. The summed E-state index contributed by atoms with van der Waals surface area (Å²) in [5.74, 6) is 0.690. The summed E-state index contributed by atoms with van der Waals surface area (Å²) in [7, 11) is 0. The molecule has 0 saturated heterocycles. The highest BCUT2D eigenvalue weighted by Gasteiger charge is 2.42. The van der Waals surface area contributed by atoms with Crippen molar-refractivity contribution in [2.45, 2.75) is 38.7 Å². The highest BCUT2D eigenvalue weighted by Crippen LogP contribution is 2.54. The van der Waals surface area contributed by atoms with Crippen molar-refractivity contribution in [3.63, 3.8) is 0 Å². The molecule has 0 aromatic heterocycles. The Morgan fingerprint density at radius 3 is 1.23 bits per heavy atom. The van der Waals surface area contributed by atoms with Gasteiger partial charge in [-0.05, 0) is 90.4 Å². The number of phenols is 2. The van der Waals surface area contributed by atoms with Crippen LogP contribution in [0.25, 0.3) is 22.3 Å². The van der Waals surface area contributed by atoms with Crippen LogP contribution in [0.3, 0.4) is 0 Å². The first kappa shape index (κ1) is 36.5. The minimum atomic E-state index is -0.840. The van der Waals surface area contributed by atoms with Crippen LogP contribution >= 0.6 is 13.5 Å². The molecule has 6 aromatic carbocycles. The lowest BCUT2D eigenvalue weighted by molar-refractivity contribution is 0.107. The summed E-state index contributed by atoms with van der Waals surface area (Å²) in [5, 5.41) is 29.8. The van der Waals surface area contributed by atoms with Crippen LogP contribution in [0.15, 0.2) is 140 Å². The van der Waals surface area contributed by atoms with Crippen LogP contribution in [0.4, 0.5) is 0 Å². The molecule has 0 spiro atoms. The van der Waals surface area contributed by atoms with E-state index < -0.39 is 5.60 Å². The molecule has 0 atom stereocenters. The number of hydrogen-bond acceptors (Lipinski definition) is 5. The van der Waals surface area contributed by atoms with Crippen molar-refractivity contribution in [1.29, 1.82) is 0 Å². The van der Waals surface area contributed by atoms with Gasteiger partial charge >= 0.3 is 0 Å². The molecule has 0 bridgehead atoms. The van der Waals surface area contributed by atoms with Crippen molar-refractivity contribution in [2.75, 3.05) is 0 Å². The molecular weight excluding hydrogens is 649 g/mol. The van der Waals surface area contributed by atoms with E-state index in [-0.39, 0.29) is 18.9 Å². The van der Waals surface area contributed by atoms with Gasteiger partial charge in [0.15, 0.2) is 0 Å². The monoisotopic (exact) mass is 688 g/mol. The lowest BCUT2D eigenvalue weighted by atomic mass is 9.73. The molecule has 0 unspecified atom stereocenters. The molecule has 3 N–H and O–H groups in total. The lowest BCUT2D eigenvalue weighted by Crippen LogP contribution is -2.22. The maximum absolute atomic E-state index is 10.5. The smallest absolute Gasteiger partial charge is 0.120 e. The van der Waals surface area contributed by atoms with Gasteiger partial charge in [0.05, 0.1) is 0 Å². The highest BCUT2D eigenvalue weighted by atomic mass is 32.8. The van der Waals surface area contributed by atoms with Crippen LogP contribution in [-0.4, -0.2) is 15.3 Å². The molecule has 0 radical (unpaired) electrons. The maximum atomic E-state index is 10.5. The minimum Gasteiger partial charge on any atom is -0.508 e. The normalized spacial score (nSPS) is 13.2. The van der Waals surface area contributed by atoms with E-state index in [0.717, 1.165) is 33.4 Å². The molecule has 6 heteroatoms. The van der Waals surface area contributed by atoms with E-state index in [0.29, 0.717) is 11.5 Å². The summed E-state index contributed by atoms with van der Waals surface area (Å²) in [5.41, 5.74) is 11.5. The molecule has 0 saturated carbocycles. The SMILES string of the molecule is CC1(O)c2ccccc2-c2ccccc21.Cc1ccc(O)c(C2(C)c3ccccc3-c3ccccc32)c1.Cc1ccc(O)cc1.S.S=S. The quantitative estimate of drug-likeness (QED) is 0.161. The molecular formula is C42H40O3S3. The van der Waals surface area contributed by atoms with Crippen molar-refractivity contribution < 1.29 is 15.3 Å². The number of aliphatic hydroxyl groups is 1. The standard InChI is InChI=1S/C21H18O.C14H12O.C7H8O.S2.H2S/c1-14-11-12-20(22)19(13-14)21(2)17-9-5-3-7-15(17)16-8-4-6-10-18(16)21;1-14(15)12-8-4-2-6-10(12)11-7-3-5-9-13(11)14;1-6-2-4-7(8)5-3-6;1-2;/h3-13,22H,1-2H3;2-9,15H,1H3;2-5,8H,1H3;;1H2. The Kier molecular flexibility index (Phi) is 11.6. The van der Waals surface area contributed by atoms with Crippen LogP contribution < -0.4 is 0 Å². The van der Waals surface area contributed by atoms with E-state index in [1.807, 2.05) is 68.4 Å². The zero-order valence-corrected chi connectivity index (χ0v) is 30.1. The first-order chi connectivity index (χ1) is 22.6. The number of phenolic OH excluding ortho intramolecular Hbond substituents is 2. The fourth-order valence-corrected chi connectivity index (χ4v) is 6.77. The summed E-state index contributed by atoms with van der Waals surface area (Å²) in [6, 6.07) is 46.1. The van der Waals surface area contributed by atoms with Crippen LogP contribution in [0, 0.1) is 13.8 Å². The number of aryl methyl sites for hydroxylation is 2. The molecule has 48 heavy (non-hydrogen) atoms. The van der Waals surface area contributed by atoms with Gasteiger partial charge in [0.25, 0.3) is 0 Å². The van der Waals surface area contributed by atoms with Gasteiger partial charge in [-0.2, -0.15) is 13.5 Å². The van der Waals surface area contributed by atoms with Crippen LogP contribution in [0.1, 0.15) is 52.8 Å². The molecule has 0 amide bonds. The Labute approximate surface area is 300 Å². The van der Waals surface area contributed by atoms with Crippen LogP contribution in [-0.2, 0) is 33.4 Å². The summed E-state index contributed by atoms with van der Waals surface area (Å²) in [6.45, 7) is 8.13. The number of hydrogen-bond donors (Lipinski definition) is 3. The van der Waals surface area contributed by atoms with E-state index >= 15 is 0 Å². The maximum Gasteiger partial charge on any atom is 0.120 e. The van der Waals surface area contributed by atoms with E-state index in [4.69, 9.17) is 5.11 Å². The zero-order chi connectivity index (χ0) is 33.8. The van der Waals surface area contributed by atoms with Gasteiger partial charge in [0.1, 0.15) is 17.1 Å². The predicted octanol–water partition coefficient (Wildman–Crippen LogP) is 9.77. The van der Waals surface area contributed by atoms with Gasteiger partial charge in [0, 0.05) is 33.4 Å². The first-order valence-electron chi connectivity index (χ1n) is 15.5. The van der Waals surface area contributed by atoms with Crippen molar-refractivity contribution in [2.24, 2.45) is 0 Å². The van der Waals surface area contributed by atoms with Gasteiger partial charge < -0.3 is 15.3 Å². The molecule has 244 valence electrons. The number of fused-ring (bicyclic) bond motifs is 6. The second-order valence-corrected chi connectivity index (χ2v) is 12.2. The van der Waals surface area contributed by atoms with Gasteiger partial charge in [0.2, 0.25) is 0 Å². The zero-order valence-electron chi connectivity index (χ0n) is 27.4. The number of benzene rings is 6. The van der Waals surface area contributed by atoms with E-state index in [9.17, 15) is 10.2 Å². The molecule has 8 rings (SSSR count). The van der Waals surface area contributed by atoms with E-state index in [1.54, 1.807) is 18.2 Å². The Balaban J connectivity index is 0.000000173. The van der Waals surface area contributed by atoms with Crippen LogP contribution in [0.2, 0.25) is 0 Å². The van der Waals surface area contributed by atoms with Crippen molar-refractivity contribution >= 4 is 35.9 Å². The lowest BCUT2D eigenvalue weighted by Gasteiger charge is -2.29. The predicted molar refractivity (Wildman–Crippen MR) is 209 cm³/mol. The largest absolute Gasteiger partial charge is 0.508 e. The second-order valence-electron chi connectivity index (χ2n) is 12.2. The summed E-state index contributed by atoms with van der Waals surface area (Å²) < 4.78 is 0. The number of rotatable bonds is 1. The second kappa shape index (κ2) is 15.3. The summed E-state index contributed by atoms with van der Waals surface area (Å²) >= 11 is 7.33. The van der Waals surface area contributed by atoms with Gasteiger partial charge in [-0.1, -0.05) is 132 Å². The van der Waals surface area contributed by atoms with Gasteiger partial charge in [-0.25, -0.2) is 0 Å². The molecule has 6 aromatic rings. The molecule has 0 heterocycles. The van der Waals surface area contributed by atoms with Crippen molar-refractivity contribution in [1.82, 2.24) is 0 Å². The first-order valence-corrected chi connectivity index (χ1v) is 16.8. The van der Waals surface area contributed by atoms with Gasteiger partial charge in [-0.15, -0.1) is 0 Å². The molecule has 2 aliphatic rings. The Bertz CT molecular complexity index is 1900. The third-order valence-electron chi connectivity index (χ3n) is 9.14. The molecule has 2 aliphatic carbocycles. The average molecular weight is 689 g/mol. The average Bonchev–Trinajstić information content (AvgIpc) is 3.51. The highest BCUT2D eigenvalue weighted by molar-refractivity contribution is 8.07. The third-order valence-corrected chi connectivity index (χ3v) is 9.14. The Morgan fingerprint density at radius 1 is 0.458 bits per heavy atom. The molecule has 0 aliphatic heterocycles. The minimum absolute atomic E-state index is 0. The van der Waals surface area contributed by atoms with E-state index in [2.05, 4.69) is 103 Å². The van der Waals surface area contributed by atoms with Gasteiger partial charge in [-0.3, -0.25) is 0 Å². The third kappa shape index (κ3) is 6.80. The van der Waals surface area contributed by atoms with E-state index in [1.165, 1.54) is 27.8 Å². The van der Waals surface area contributed by atoms with Crippen LogP contribution in [0.5, 0.6) is 11.5 Å².